The Morgan fingerprint density at radius 2 is 1.71 bits per heavy atom. The van der Waals surface area contributed by atoms with Crippen molar-refractivity contribution in [1.29, 1.82) is 0 Å². The summed E-state index contributed by atoms with van der Waals surface area (Å²) in [4.78, 5) is 30.9. The second kappa shape index (κ2) is 11.3. The molecule has 3 N–H and O–H groups in total. The highest BCUT2D eigenvalue weighted by Crippen LogP contribution is 2.38. The zero-order valence-electron chi connectivity index (χ0n) is 17.9. The lowest BCUT2D eigenvalue weighted by atomic mass is 9.68. The summed E-state index contributed by atoms with van der Waals surface area (Å²) in [5.41, 5.74) is 3.35. The first-order chi connectivity index (χ1) is 14.8. The number of carboxylic acid groups (broad SMARTS) is 2. The quantitative estimate of drug-likeness (QED) is 0.460. The first-order valence-corrected chi connectivity index (χ1v) is 10.2. The fourth-order valence-electron chi connectivity index (χ4n) is 3.70. The van der Waals surface area contributed by atoms with E-state index in [9.17, 15) is 4.79 Å². The van der Waals surface area contributed by atoms with Gasteiger partial charge in [0.15, 0.2) is 0 Å². The second-order valence-electron chi connectivity index (χ2n) is 7.62. The van der Waals surface area contributed by atoms with Crippen LogP contribution in [0.15, 0.2) is 48.5 Å². The van der Waals surface area contributed by atoms with Crippen LogP contribution >= 0.6 is 0 Å². The third-order valence-corrected chi connectivity index (χ3v) is 5.57. The Kier molecular flexibility index (Phi) is 8.75. The molecule has 0 fully saturated rings. The number of Topliss-reactive ketones (excluding diaryl/α,β-unsaturated/α-hetero) is 1. The lowest BCUT2D eigenvalue weighted by Gasteiger charge is -2.35. The number of carbonyl (C=O) groups is 3. The fourth-order valence-corrected chi connectivity index (χ4v) is 3.70. The molecule has 1 atom stereocenters. The van der Waals surface area contributed by atoms with Crippen molar-refractivity contribution >= 4 is 17.7 Å². The number of aryl methyl sites for hydroxylation is 1. The first-order valence-electron chi connectivity index (χ1n) is 10.2. The van der Waals surface area contributed by atoms with Gasteiger partial charge in [-0.2, -0.15) is 0 Å². The lowest BCUT2D eigenvalue weighted by molar-refractivity contribution is -0.159. The van der Waals surface area contributed by atoms with Crippen molar-refractivity contribution in [1.82, 2.24) is 5.32 Å². The van der Waals surface area contributed by atoms with Crippen molar-refractivity contribution in [2.24, 2.45) is 0 Å². The van der Waals surface area contributed by atoms with Crippen LogP contribution in [0.25, 0.3) is 0 Å². The van der Waals surface area contributed by atoms with Gasteiger partial charge < -0.3 is 20.3 Å². The smallest absolute Gasteiger partial charge is 0.414 e. The minimum Gasteiger partial charge on any atom is -0.497 e. The second-order valence-corrected chi connectivity index (χ2v) is 7.62. The SMILES string of the molecule is COc1ccc2c(c1)C(C)(CCNCCc1ccccc1)C(=O)CC2.O=C(O)C(=O)O. The molecule has 0 saturated carbocycles. The first kappa shape index (κ1) is 24.1. The monoisotopic (exact) mass is 427 g/mol. The van der Waals surface area contributed by atoms with Crippen molar-refractivity contribution in [3.8, 4) is 5.75 Å². The largest absolute Gasteiger partial charge is 0.497 e. The van der Waals surface area contributed by atoms with E-state index in [-0.39, 0.29) is 0 Å². The molecule has 0 heterocycles. The normalized spacial score (nSPS) is 17.2. The Hall–Kier alpha value is -3.19. The van der Waals surface area contributed by atoms with Gasteiger partial charge in [-0.25, -0.2) is 9.59 Å². The number of rotatable bonds is 7. The number of hydrogen-bond donors (Lipinski definition) is 3. The summed E-state index contributed by atoms with van der Waals surface area (Å²) in [5, 5.41) is 18.3. The molecule has 1 aliphatic carbocycles. The molecule has 2 aromatic carbocycles. The van der Waals surface area contributed by atoms with E-state index >= 15 is 0 Å². The summed E-state index contributed by atoms with van der Waals surface area (Å²) in [5.74, 6) is -2.47. The number of fused-ring (bicyclic) bond motifs is 1. The summed E-state index contributed by atoms with van der Waals surface area (Å²) in [6.45, 7) is 3.86. The molecule has 0 spiro atoms. The van der Waals surface area contributed by atoms with Gasteiger partial charge in [0.1, 0.15) is 11.5 Å². The van der Waals surface area contributed by atoms with Gasteiger partial charge in [-0.3, -0.25) is 4.79 Å². The molecule has 7 nitrogen and oxygen atoms in total. The van der Waals surface area contributed by atoms with E-state index in [0.29, 0.717) is 12.2 Å². The Labute approximate surface area is 182 Å². The molecule has 0 radical (unpaired) electrons. The van der Waals surface area contributed by atoms with Crippen LogP contribution < -0.4 is 10.1 Å². The van der Waals surface area contributed by atoms with Gasteiger partial charge in [-0.15, -0.1) is 0 Å². The molecule has 0 aromatic heterocycles. The molecule has 0 amide bonds. The molecule has 1 aliphatic rings. The van der Waals surface area contributed by atoms with Crippen LogP contribution in [0.1, 0.15) is 36.5 Å². The third kappa shape index (κ3) is 6.65. The van der Waals surface area contributed by atoms with Gasteiger partial charge in [0.2, 0.25) is 0 Å². The number of nitrogens with one attached hydrogen (secondary N) is 1. The maximum Gasteiger partial charge on any atom is 0.414 e. The molecule has 2 aromatic rings. The zero-order valence-corrected chi connectivity index (χ0v) is 17.9. The van der Waals surface area contributed by atoms with Crippen molar-refractivity contribution in [3.63, 3.8) is 0 Å². The highest BCUT2D eigenvalue weighted by atomic mass is 16.5. The van der Waals surface area contributed by atoms with Crippen molar-refractivity contribution in [3.05, 3.63) is 65.2 Å². The van der Waals surface area contributed by atoms with Gasteiger partial charge in [0.25, 0.3) is 0 Å². The lowest BCUT2D eigenvalue weighted by Crippen LogP contribution is -2.40. The Bertz CT molecular complexity index is 900. The van der Waals surface area contributed by atoms with Gasteiger partial charge in [-0.05, 0) is 68.1 Å². The number of hydrogen-bond acceptors (Lipinski definition) is 5. The van der Waals surface area contributed by atoms with Crippen LogP contribution in [0, 0.1) is 0 Å². The highest BCUT2D eigenvalue weighted by Gasteiger charge is 2.39. The number of ketones is 1. The average molecular weight is 427 g/mol. The van der Waals surface area contributed by atoms with Crippen LogP contribution in [0.5, 0.6) is 5.75 Å². The fraction of sp³-hybridized carbons (Fsp3) is 0.375. The molecular weight excluding hydrogens is 398 g/mol. The van der Waals surface area contributed by atoms with Crippen molar-refractivity contribution < 1.29 is 29.3 Å². The summed E-state index contributed by atoms with van der Waals surface area (Å²) in [6.07, 6.45) is 3.31. The minimum atomic E-state index is -1.82. The highest BCUT2D eigenvalue weighted by molar-refractivity contribution is 6.27. The molecular formula is C24H29NO6. The summed E-state index contributed by atoms with van der Waals surface area (Å²) < 4.78 is 5.37. The Morgan fingerprint density at radius 3 is 2.32 bits per heavy atom. The van der Waals surface area contributed by atoms with Crippen molar-refractivity contribution in [2.75, 3.05) is 20.2 Å². The van der Waals surface area contributed by atoms with Crippen LogP contribution in [-0.4, -0.2) is 48.1 Å². The van der Waals surface area contributed by atoms with Crippen LogP contribution in [0.3, 0.4) is 0 Å². The van der Waals surface area contributed by atoms with Gasteiger partial charge >= 0.3 is 11.9 Å². The number of methoxy groups -OCH3 is 1. The third-order valence-electron chi connectivity index (χ3n) is 5.57. The minimum absolute atomic E-state index is 0.345. The van der Waals surface area contributed by atoms with Crippen molar-refractivity contribution in [2.45, 2.75) is 38.0 Å². The number of benzene rings is 2. The van der Waals surface area contributed by atoms with Crippen LogP contribution in [-0.2, 0) is 32.6 Å². The average Bonchev–Trinajstić information content (AvgIpc) is 2.77. The molecule has 166 valence electrons. The van der Waals surface area contributed by atoms with Gasteiger partial charge in [0, 0.05) is 6.42 Å². The van der Waals surface area contributed by atoms with E-state index < -0.39 is 17.4 Å². The van der Waals surface area contributed by atoms with E-state index in [0.717, 1.165) is 43.7 Å². The molecule has 0 aliphatic heterocycles. The standard InChI is InChI=1S/C22H27NO2.C2H2O4/c1-22(13-15-23-14-12-17-6-4-3-5-7-17)20-16-19(25-2)10-8-18(20)9-11-21(22)24;3-1(4)2(5)6/h3-8,10,16,23H,9,11-15H2,1-2H3;(H,3,4)(H,5,6). The summed E-state index contributed by atoms with van der Waals surface area (Å²) in [6, 6.07) is 16.6. The molecule has 0 saturated heterocycles. The Morgan fingerprint density at radius 1 is 1.03 bits per heavy atom. The molecule has 7 heteroatoms. The maximum absolute atomic E-state index is 12.7. The molecule has 1 unspecified atom stereocenters. The van der Waals surface area contributed by atoms with E-state index in [1.165, 1.54) is 11.1 Å². The van der Waals surface area contributed by atoms with E-state index in [4.69, 9.17) is 24.5 Å². The van der Waals surface area contributed by atoms with Crippen LogP contribution in [0.4, 0.5) is 0 Å². The number of ether oxygens (including phenoxy) is 1. The molecule has 0 bridgehead atoms. The summed E-state index contributed by atoms with van der Waals surface area (Å²) >= 11 is 0. The zero-order chi connectivity index (χ0) is 22.9. The topological polar surface area (TPSA) is 113 Å². The molecule has 31 heavy (non-hydrogen) atoms. The van der Waals surface area contributed by atoms with Gasteiger partial charge in [0.05, 0.1) is 12.5 Å². The number of aliphatic carboxylic acids is 2. The number of carbonyl (C=O) groups excluding carboxylic acids is 1. The Balaban J connectivity index is 0.000000501. The van der Waals surface area contributed by atoms with E-state index in [2.05, 4.69) is 48.6 Å². The predicted octanol–water partition coefficient (Wildman–Crippen LogP) is 2.85. The van der Waals surface area contributed by atoms with Crippen LogP contribution in [0.2, 0.25) is 0 Å². The predicted molar refractivity (Wildman–Crippen MR) is 117 cm³/mol. The summed E-state index contributed by atoms with van der Waals surface area (Å²) in [7, 11) is 1.68. The maximum atomic E-state index is 12.7. The van der Waals surface area contributed by atoms with E-state index in [1.807, 2.05) is 12.1 Å². The molecule has 3 rings (SSSR count). The van der Waals surface area contributed by atoms with E-state index in [1.54, 1.807) is 7.11 Å². The number of carboxylic acids is 2. The van der Waals surface area contributed by atoms with Gasteiger partial charge in [-0.1, -0.05) is 36.4 Å².